The van der Waals surface area contributed by atoms with Crippen molar-refractivity contribution in [2.45, 2.75) is 13.8 Å². The fraction of sp³-hybridized carbons (Fsp3) is 0.0417. The van der Waals surface area contributed by atoms with Crippen molar-refractivity contribution in [1.29, 1.82) is 0 Å². The molecular formula is C48H40N2. The summed E-state index contributed by atoms with van der Waals surface area (Å²) >= 11 is 0. The first kappa shape index (κ1) is 32.2. The van der Waals surface area contributed by atoms with E-state index in [1.54, 1.807) is 0 Å². The molecule has 0 radical (unpaired) electrons. The SMILES string of the molecule is Cc1ccc(N(c2ccccc2)c2ccc(C=Cc3ccc(C=Cc4ccc(N(c5ccccc5)c5ccc(C)cc5)cc4)cc3)cc2)cc1. The van der Waals surface area contributed by atoms with Crippen molar-refractivity contribution in [1.82, 2.24) is 0 Å². The van der Waals surface area contributed by atoms with E-state index in [0.29, 0.717) is 0 Å². The van der Waals surface area contributed by atoms with Crippen LogP contribution >= 0.6 is 0 Å². The molecular weight excluding hydrogens is 605 g/mol. The van der Waals surface area contributed by atoms with Gasteiger partial charge in [-0.25, -0.2) is 0 Å². The standard InChI is InChI=1S/C48H40N2/c1-37-13-29-45(30-14-37)49(43-9-5-3-6-10-43)47-33-25-41(26-34-47)23-21-39-17-19-40(20-18-39)22-24-42-27-35-48(36-28-42)50(44-11-7-4-8-12-44)46-31-15-38(2)16-32-46/h3-36H,1-2H3. The minimum Gasteiger partial charge on any atom is -0.311 e. The van der Waals surface area contributed by atoms with E-state index in [1.807, 2.05) is 0 Å². The number of hydrogen-bond donors (Lipinski definition) is 0. The van der Waals surface area contributed by atoms with E-state index in [1.165, 1.54) is 22.3 Å². The second kappa shape index (κ2) is 15.2. The topological polar surface area (TPSA) is 6.48 Å². The number of anilines is 6. The molecule has 242 valence electrons. The molecule has 0 N–H and O–H groups in total. The maximum atomic E-state index is 2.29. The Morgan fingerprint density at radius 2 is 0.480 bits per heavy atom. The van der Waals surface area contributed by atoms with Crippen LogP contribution in [0.25, 0.3) is 24.3 Å². The largest absolute Gasteiger partial charge is 0.311 e. The number of hydrogen-bond acceptors (Lipinski definition) is 2. The average Bonchev–Trinajstić information content (AvgIpc) is 3.17. The van der Waals surface area contributed by atoms with Gasteiger partial charge in [0.15, 0.2) is 0 Å². The molecule has 0 heterocycles. The minimum absolute atomic E-state index is 1.13. The van der Waals surface area contributed by atoms with Gasteiger partial charge in [0.2, 0.25) is 0 Å². The summed E-state index contributed by atoms with van der Waals surface area (Å²) in [5.41, 5.74) is 14.0. The number of nitrogens with zero attached hydrogens (tertiary/aromatic N) is 2. The second-order valence-corrected chi connectivity index (χ2v) is 12.5. The Bertz CT molecular complexity index is 2000. The molecule has 0 spiro atoms. The lowest BCUT2D eigenvalue weighted by atomic mass is 10.1. The molecule has 7 rings (SSSR count). The molecule has 7 aromatic carbocycles. The Morgan fingerprint density at radius 3 is 0.760 bits per heavy atom. The lowest BCUT2D eigenvalue weighted by Crippen LogP contribution is -2.09. The fourth-order valence-electron chi connectivity index (χ4n) is 6.01. The number of aryl methyl sites for hydroxylation is 2. The number of para-hydroxylation sites is 2. The van der Waals surface area contributed by atoms with Crippen LogP contribution in [-0.4, -0.2) is 0 Å². The van der Waals surface area contributed by atoms with Crippen LogP contribution in [0.1, 0.15) is 33.4 Å². The summed E-state index contributed by atoms with van der Waals surface area (Å²) in [5.74, 6) is 0. The van der Waals surface area contributed by atoms with Crippen LogP contribution in [0.3, 0.4) is 0 Å². The minimum atomic E-state index is 1.13. The summed E-state index contributed by atoms with van der Waals surface area (Å²) in [6, 6.07) is 64.5. The summed E-state index contributed by atoms with van der Waals surface area (Å²) in [5, 5.41) is 0. The van der Waals surface area contributed by atoms with Gasteiger partial charge in [-0.15, -0.1) is 0 Å². The monoisotopic (exact) mass is 644 g/mol. The molecule has 0 bridgehead atoms. The van der Waals surface area contributed by atoms with Gasteiger partial charge in [-0.05, 0) is 109 Å². The summed E-state index contributed by atoms with van der Waals surface area (Å²) in [4.78, 5) is 4.58. The van der Waals surface area contributed by atoms with Gasteiger partial charge in [0, 0.05) is 34.1 Å². The second-order valence-electron chi connectivity index (χ2n) is 12.5. The molecule has 0 aliphatic rings. The molecule has 0 fully saturated rings. The van der Waals surface area contributed by atoms with Gasteiger partial charge in [0.05, 0.1) is 0 Å². The van der Waals surface area contributed by atoms with Crippen molar-refractivity contribution in [3.8, 4) is 0 Å². The van der Waals surface area contributed by atoms with Gasteiger partial charge < -0.3 is 9.80 Å². The first-order valence-electron chi connectivity index (χ1n) is 17.1. The van der Waals surface area contributed by atoms with E-state index >= 15 is 0 Å². The highest BCUT2D eigenvalue weighted by Gasteiger charge is 2.13. The predicted molar refractivity (Wildman–Crippen MR) is 216 cm³/mol. The predicted octanol–water partition coefficient (Wildman–Crippen LogP) is 13.6. The lowest BCUT2D eigenvalue weighted by Gasteiger charge is -2.25. The smallest absolute Gasteiger partial charge is 0.0462 e. The molecule has 0 aromatic heterocycles. The molecule has 0 saturated heterocycles. The van der Waals surface area contributed by atoms with E-state index in [-0.39, 0.29) is 0 Å². The molecule has 0 aliphatic carbocycles. The molecule has 2 heteroatoms. The number of benzene rings is 7. The van der Waals surface area contributed by atoms with Crippen molar-refractivity contribution in [2.75, 3.05) is 9.80 Å². The zero-order valence-electron chi connectivity index (χ0n) is 28.5. The quantitative estimate of drug-likeness (QED) is 0.137. The number of rotatable bonds is 10. The third-order valence-electron chi connectivity index (χ3n) is 8.79. The zero-order chi connectivity index (χ0) is 34.1. The van der Waals surface area contributed by atoms with E-state index in [2.05, 4.69) is 230 Å². The van der Waals surface area contributed by atoms with Crippen LogP contribution in [0.4, 0.5) is 34.1 Å². The highest BCUT2D eigenvalue weighted by molar-refractivity contribution is 5.80. The van der Waals surface area contributed by atoms with Gasteiger partial charge in [-0.3, -0.25) is 0 Å². The van der Waals surface area contributed by atoms with Gasteiger partial charge in [0.25, 0.3) is 0 Å². The van der Waals surface area contributed by atoms with Gasteiger partial charge >= 0.3 is 0 Å². The summed E-state index contributed by atoms with van der Waals surface area (Å²) in [6.45, 7) is 4.24. The summed E-state index contributed by atoms with van der Waals surface area (Å²) in [6.07, 6.45) is 8.68. The summed E-state index contributed by atoms with van der Waals surface area (Å²) < 4.78 is 0. The van der Waals surface area contributed by atoms with Crippen LogP contribution in [-0.2, 0) is 0 Å². The summed E-state index contributed by atoms with van der Waals surface area (Å²) in [7, 11) is 0. The van der Waals surface area contributed by atoms with Crippen molar-refractivity contribution in [3.05, 3.63) is 215 Å². The molecule has 2 nitrogen and oxygen atoms in total. The Morgan fingerprint density at radius 1 is 0.260 bits per heavy atom. The normalized spacial score (nSPS) is 11.2. The third-order valence-corrected chi connectivity index (χ3v) is 8.79. The molecule has 0 aliphatic heterocycles. The molecule has 0 atom stereocenters. The van der Waals surface area contributed by atoms with E-state index in [9.17, 15) is 0 Å². The molecule has 0 unspecified atom stereocenters. The Balaban J connectivity index is 1.02. The zero-order valence-corrected chi connectivity index (χ0v) is 28.5. The molecule has 0 amide bonds. The van der Waals surface area contributed by atoms with E-state index < -0.39 is 0 Å². The van der Waals surface area contributed by atoms with Gasteiger partial charge in [0.1, 0.15) is 0 Å². The van der Waals surface area contributed by atoms with Gasteiger partial charge in [-0.1, -0.05) is 145 Å². The van der Waals surface area contributed by atoms with Crippen LogP contribution in [0.2, 0.25) is 0 Å². The van der Waals surface area contributed by atoms with Crippen LogP contribution in [0.15, 0.2) is 182 Å². The highest BCUT2D eigenvalue weighted by atomic mass is 15.1. The third kappa shape index (κ3) is 7.84. The average molecular weight is 645 g/mol. The first-order chi connectivity index (χ1) is 24.6. The van der Waals surface area contributed by atoms with Crippen molar-refractivity contribution in [2.24, 2.45) is 0 Å². The highest BCUT2D eigenvalue weighted by Crippen LogP contribution is 2.36. The first-order valence-corrected chi connectivity index (χ1v) is 17.1. The van der Waals surface area contributed by atoms with E-state index in [4.69, 9.17) is 0 Å². The lowest BCUT2D eigenvalue weighted by molar-refractivity contribution is 1.27. The van der Waals surface area contributed by atoms with Crippen LogP contribution in [0.5, 0.6) is 0 Å². The fourth-order valence-corrected chi connectivity index (χ4v) is 6.01. The maximum Gasteiger partial charge on any atom is 0.0462 e. The van der Waals surface area contributed by atoms with Crippen LogP contribution in [0, 0.1) is 13.8 Å². The van der Waals surface area contributed by atoms with Crippen LogP contribution < -0.4 is 9.80 Å². The molecule has 7 aromatic rings. The van der Waals surface area contributed by atoms with Crippen molar-refractivity contribution in [3.63, 3.8) is 0 Å². The van der Waals surface area contributed by atoms with Crippen molar-refractivity contribution < 1.29 is 0 Å². The van der Waals surface area contributed by atoms with E-state index in [0.717, 1.165) is 45.3 Å². The molecule has 50 heavy (non-hydrogen) atoms. The Hall–Kier alpha value is -6.38. The van der Waals surface area contributed by atoms with Crippen molar-refractivity contribution >= 4 is 58.4 Å². The Kier molecular flexibility index (Phi) is 9.80. The Labute approximate surface area is 296 Å². The maximum absolute atomic E-state index is 2.29. The molecule has 0 saturated carbocycles. The van der Waals surface area contributed by atoms with Gasteiger partial charge in [-0.2, -0.15) is 0 Å².